The molecule has 0 bridgehead atoms. The van der Waals surface area contributed by atoms with Crippen LogP contribution in [0, 0.1) is 0 Å². The Balaban J connectivity index is 1.53. The van der Waals surface area contributed by atoms with E-state index in [-0.39, 0.29) is 11.6 Å². The first-order valence-electron chi connectivity index (χ1n) is 7.89. The SMILES string of the molecule is O=C(Nc1nnc(Cc2ccccc2)o1)c1cc2ccccc2oc1=O. The summed E-state index contributed by atoms with van der Waals surface area (Å²) in [6.45, 7) is 0. The Labute approximate surface area is 147 Å². The van der Waals surface area contributed by atoms with E-state index in [4.69, 9.17) is 8.83 Å². The predicted octanol–water partition coefficient (Wildman–Crippen LogP) is 3.02. The minimum Gasteiger partial charge on any atom is -0.422 e. The van der Waals surface area contributed by atoms with Crippen molar-refractivity contribution in [1.82, 2.24) is 10.2 Å². The van der Waals surface area contributed by atoms with Gasteiger partial charge >= 0.3 is 11.6 Å². The molecule has 0 radical (unpaired) electrons. The van der Waals surface area contributed by atoms with Gasteiger partial charge in [-0.15, -0.1) is 5.10 Å². The van der Waals surface area contributed by atoms with Crippen LogP contribution in [0.2, 0.25) is 0 Å². The number of carbonyl (C=O) groups is 1. The van der Waals surface area contributed by atoms with Crippen molar-refractivity contribution >= 4 is 22.9 Å². The molecular weight excluding hydrogens is 334 g/mol. The van der Waals surface area contributed by atoms with E-state index in [0.717, 1.165) is 5.56 Å². The number of rotatable bonds is 4. The number of para-hydroxylation sites is 1. The summed E-state index contributed by atoms with van der Waals surface area (Å²) >= 11 is 0. The molecule has 0 aliphatic carbocycles. The van der Waals surface area contributed by atoms with Gasteiger partial charge in [-0.3, -0.25) is 10.1 Å². The van der Waals surface area contributed by atoms with Crippen LogP contribution >= 0.6 is 0 Å². The molecule has 4 rings (SSSR count). The zero-order valence-corrected chi connectivity index (χ0v) is 13.5. The van der Waals surface area contributed by atoms with Crippen LogP contribution in [0.4, 0.5) is 6.01 Å². The van der Waals surface area contributed by atoms with Gasteiger partial charge in [0, 0.05) is 5.39 Å². The third-order valence-corrected chi connectivity index (χ3v) is 3.77. The standard InChI is InChI=1S/C19H13N3O4/c23-17(14-11-13-8-4-5-9-15(13)25-18(14)24)20-19-22-21-16(26-19)10-12-6-2-1-3-7-12/h1-9,11H,10H2,(H,20,22,23). The molecule has 0 unspecified atom stereocenters. The lowest BCUT2D eigenvalue weighted by atomic mass is 10.2. The fraction of sp³-hybridized carbons (Fsp3) is 0.0526. The molecule has 0 saturated heterocycles. The summed E-state index contributed by atoms with van der Waals surface area (Å²) in [5.41, 5.74) is 0.554. The molecule has 2 heterocycles. The minimum atomic E-state index is -0.731. The van der Waals surface area contributed by atoms with Crippen molar-refractivity contribution in [3.8, 4) is 0 Å². The first-order chi connectivity index (χ1) is 12.7. The second kappa shape index (κ2) is 6.64. The quantitative estimate of drug-likeness (QED) is 0.570. The molecule has 0 atom stereocenters. The first kappa shape index (κ1) is 15.8. The Morgan fingerprint density at radius 1 is 0.962 bits per heavy atom. The average molecular weight is 347 g/mol. The van der Waals surface area contributed by atoms with Crippen molar-refractivity contribution in [3.63, 3.8) is 0 Å². The van der Waals surface area contributed by atoms with Crippen LogP contribution in [-0.2, 0) is 6.42 Å². The van der Waals surface area contributed by atoms with E-state index in [1.165, 1.54) is 6.07 Å². The van der Waals surface area contributed by atoms with Crippen LogP contribution in [0.15, 0.2) is 74.3 Å². The second-order valence-corrected chi connectivity index (χ2v) is 5.60. The lowest BCUT2D eigenvalue weighted by Gasteiger charge is -2.01. The van der Waals surface area contributed by atoms with Crippen molar-refractivity contribution in [3.05, 3.63) is 88.1 Å². The number of aromatic nitrogens is 2. The molecule has 0 aliphatic heterocycles. The van der Waals surface area contributed by atoms with Crippen LogP contribution in [0.3, 0.4) is 0 Å². The van der Waals surface area contributed by atoms with Gasteiger partial charge in [0.15, 0.2) is 0 Å². The van der Waals surface area contributed by atoms with E-state index in [0.29, 0.717) is 23.3 Å². The van der Waals surface area contributed by atoms with Crippen molar-refractivity contribution in [2.75, 3.05) is 5.32 Å². The van der Waals surface area contributed by atoms with Gasteiger partial charge < -0.3 is 8.83 Å². The van der Waals surface area contributed by atoms with E-state index >= 15 is 0 Å². The van der Waals surface area contributed by atoms with Gasteiger partial charge in [-0.2, -0.15) is 0 Å². The van der Waals surface area contributed by atoms with Crippen LogP contribution < -0.4 is 10.9 Å². The van der Waals surface area contributed by atoms with Gasteiger partial charge in [-0.05, 0) is 17.7 Å². The molecule has 1 N–H and O–H groups in total. The number of amides is 1. The van der Waals surface area contributed by atoms with Gasteiger partial charge in [-0.25, -0.2) is 4.79 Å². The van der Waals surface area contributed by atoms with E-state index in [1.54, 1.807) is 24.3 Å². The smallest absolute Gasteiger partial charge is 0.349 e. The number of benzene rings is 2. The lowest BCUT2D eigenvalue weighted by molar-refractivity contribution is 0.102. The molecule has 0 saturated carbocycles. The van der Waals surface area contributed by atoms with E-state index in [1.807, 2.05) is 30.3 Å². The maximum atomic E-state index is 12.3. The fourth-order valence-electron chi connectivity index (χ4n) is 2.53. The number of fused-ring (bicyclic) bond motifs is 1. The van der Waals surface area contributed by atoms with Crippen LogP contribution in [0.25, 0.3) is 11.0 Å². The highest BCUT2D eigenvalue weighted by Gasteiger charge is 2.17. The van der Waals surface area contributed by atoms with Gasteiger partial charge in [0.2, 0.25) is 5.89 Å². The summed E-state index contributed by atoms with van der Waals surface area (Å²) in [5.74, 6) is -0.309. The lowest BCUT2D eigenvalue weighted by Crippen LogP contribution is -2.20. The number of carbonyl (C=O) groups excluding carboxylic acids is 1. The summed E-state index contributed by atoms with van der Waals surface area (Å²) < 4.78 is 10.6. The van der Waals surface area contributed by atoms with Crippen molar-refractivity contribution in [2.24, 2.45) is 0 Å². The first-order valence-corrected chi connectivity index (χ1v) is 7.89. The molecule has 7 nitrogen and oxygen atoms in total. The van der Waals surface area contributed by atoms with Gasteiger partial charge in [0.05, 0.1) is 6.42 Å². The van der Waals surface area contributed by atoms with E-state index in [9.17, 15) is 9.59 Å². The van der Waals surface area contributed by atoms with E-state index < -0.39 is 11.5 Å². The zero-order valence-electron chi connectivity index (χ0n) is 13.5. The topological polar surface area (TPSA) is 98.2 Å². The predicted molar refractivity (Wildman–Crippen MR) is 94.0 cm³/mol. The molecular formula is C19H13N3O4. The van der Waals surface area contributed by atoms with Gasteiger partial charge in [-0.1, -0.05) is 53.6 Å². The highest BCUT2D eigenvalue weighted by molar-refractivity contribution is 6.04. The fourth-order valence-corrected chi connectivity index (χ4v) is 2.53. The molecule has 26 heavy (non-hydrogen) atoms. The Morgan fingerprint density at radius 2 is 1.73 bits per heavy atom. The molecule has 7 heteroatoms. The second-order valence-electron chi connectivity index (χ2n) is 5.60. The van der Waals surface area contributed by atoms with Crippen molar-refractivity contribution < 1.29 is 13.6 Å². The maximum absolute atomic E-state index is 12.3. The Bertz CT molecular complexity index is 1130. The Morgan fingerprint density at radius 3 is 2.58 bits per heavy atom. The largest absolute Gasteiger partial charge is 0.422 e. The summed E-state index contributed by atoms with van der Waals surface area (Å²) in [6, 6.07) is 17.9. The normalized spacial score (nSPS) is 10.8. The highest BCUT2D eigenvalue weighted by atomic mass is 16.4. The number of hydrogen-bond acceptors (Lipinski definition) is 6. The number of anilines is 1. The minimum absolute atomic E-state index is 0.0755. The van der Waals surface area contributed by atoms with Crippen molar-refractivity contribution in [1.29, 1.82) is 0 Å². The zero-order chi connectivity index (χ0) is 17.9. The molecule has 0 fully saturated rings. The monoisotopic (exact) mass is 347 g/mol. The maximum Gasteiger partial charge on any atom is 0.349 e. The molecule has 0 aliphatic rings. The number of hydrogen-bond donors (Lipinski definition) is 1. The average Bonchev–Trinajstić information content (AvgIpc) is 3.08. The van der Waals surface area contributed by atoms with Crippen molar-refractivity contribution in [2.45, 2.75) is 6.42 Å². The summed E-state index contributed by atoms with van der Waals surface area (Å²) in [5, 5.41) is 10.8. The molecule has 2 aromatic heterocycles. The Kier molecular flexibility index (Phi) is 4.03. The molecule has 4 aromatic rings. The number of nitrogens with one attached hydrogen (secondary N) is 1. The van der Waals surface area contributed by atoms with Gasteiger partial charge in [0.25, 0.3) is 5.91 Å². The molecule has 128 valence electrons. The van der Waals surface area contributed by atoms with Crippen LogP contribution in [0.1, 0.15) is 21.8 Å². The summed E-state index contributed by atoms with van der Waals surface area (Å²) in [4.78, 5) is 24.4. The highest BCUT2D eigenvalue weighted by Crippen LogP contribution is 2.15. The van der Waals surface area contributed by atoms with Crippen LogP contribution in [0.5, 0.6) is 0 Å². The number of nitrogens with zero attached hydrogens (tertiary/aromatic N) is 2. The van der Waals surface area contributed by atoms with Crippen LogP contribution in [-0.4, -0.2) is 16.1 Å². The Hall–Kier alpha value is -3.74. The molecule has 2 aromatic carbocycles. The molecule has 0 spiro atoms. The third kappa shape index (κ3) is 3.23. The van der Waals surface area contributed by atoms with Gasteiger partial charge in [0.1, 0.15) is 11.1 Å². The van der Waals surface area contributed by atoms with E-state index in [2.05, 4.69) is 15.5 Å². The molecule has 1 amide bonds. The summed E-state index contributed by atoms with van der Waals surface area (Å²) in [7, 11) is 0. The summed E-state index contributed by atoms with van der Waals surface area (Å²) in [6.07, 6.45) is 0.446. The third-order valence-electron chi connectivity index (χ3n) is 3.77.